The smallest absolute Gasteiger partial charge is 0.331 e. The minimum Gasteiger partial charge on any atom is -0.481 e. The highest BCUT2D eigenvalue weighted by Gasteiger charge is 2.28. The number of likely N-dealkylation sites (tertiary alicyclic amines) is 1. The van der Waals surface area contributed by atoms with Crippen molar-refractivity contribution < 1.29 is 19.4 Å². The maximum Gasteiger partial charge on any atom is 0.331 e. The molecular weight excluding hydrogens is 238 g/mol. The SMILES string of the molecule is O=C(O)[C@H]1CCCN(C(=O)NN2CCOCC2)C1. The Bertz CT molecular complexity index is 317. The number of amides is 2. The van der Waals surface area contributed by atoms with Crippen molar-refractivity contribution in [2.75, 3.05) is 39.4 Å². The maximum absolute atomic E-state index is 12.0. The van der Waals surface area contributed by atoms with Crippen LogP contribution >= 0.6 is 0 Å². The number of nitrogens with one attached hydrogen (secondary N) is 1. The van der Waals surface area contributed by atoms with Crippen LogP contribution in [0.1, 0.15) is 12.8 Å². The Hall–Kier alpha value is -1.34. The molecule has 2 amide bonds. The van der Waals surface area contributed by atoms with Gasteiger partial charge in [0, 0.05) is 26.2 Å². The molecule has 2 aliphatic heterocycles. The van der Waals surface area contributed by atoms with E-state index in [2.05, 4.69) is 5.43 Å². The average molecular weight is 257 g/mol. The lowest BCUT2D eigenvalue weighted by atomic mass is 9.99. The molecule has 102 valence electrons. The van der Waals surface area contributed by atoms with Crippen LogP contribution in [0.5, 0.6) is 0 Å². The fraction of sp³-hybridized carbons (Fsp3) is 0.818. The van der Waals surface area contributed by atoms with Gasteiger partial charge in [-0.2, -0.15) is 0 Å². The summed E-state index contributed by atoms with van der Waals surface area (Å²) in [5, 5.41) is 10.8. The maximum atomic E-state index is 12.0. The molecule has 0 spiro atoms. The van der Waals surface area contributed by atoms with E-state index in [-0.39, 0.29) is 6.03 Å². The Morgan fingerprint density at radius 2 is 1.94 bits per heavy atom. The largest absolute Gasteiger partial charge is 0.481 e. The summed E-state index contributed by atoms with van der Waals surface area (Å²) >= 11 is 0. The molecule has 7 heteroatoms. The molecule has 2 rings (SSSR count). The van der Waals surface area contributed by atoms with Crippen LogP contribution < -0.4 is 5.43 Å². The molecule has 7 nitrogen and oxygen atoms in total. The summed E-state index contributed by atoms with van der Waals surface area (Å²) in [4.78, 5) is 24.5. The third-order valence-corrected chi connectivity index (χ3v) is 3.32. The third kappa shape index (κ3) is 3.33. The van der Waals surface area contributed by atoms with Crippen molar-refractivity contribution in [1.82, 2.24) is 15.3 Å². The molecule has 18 heavy (non-hydrogen) atoms. The zero-order valence-electron chi connectivity index (χ0n) is 10.3. The molecule has 0 aromatic rings. The number of rotatable bonds is 2. The van der Waals surface area contributed by atoms with Crippen molar-refractivity contribution in [3.8, 4) is 0 Å². The fourth-order valence-electron chi connectivity index (χ4n) is 2.24. The highest BCUT2D eigenvalue weighted by Crippen LogP contribution is 2.16. The Balaban J connectivity index is 1.82. The summed E-state index contributed by atoms with van der Waals surface area (Å²) < 4.78 is 5.19. The zero-order chi connectivity index (χ0) is 13.0. The van der Waals surface area contributed by atoms with Crippen LogP contribution in [0, 0.1) is 5.92 Å². The van der Waals surface area contributed by atoms with Crippen molar-refractivity contribution in [1.29, 1.82) is 0 Å². The van der Waals surface area contributed by atoms with Gasteiger partial charge in [0.05, 0.1) is 19.1 Å². The van der Waals surface area contributed by atoms with Crippen LogP contribution in [-0.4, -0.2) is 66.4 Å². The normalized spacial score (nSPS) is 25.8. The summed E-state index contributed by atoms with van der Waals surface area (Å²) in [6.07, 6.45) is 1.39. The molecule has 2 aliphatic rings. The van der Waals surface area contributed by atoms with E-state index in [0.29, 0.717) is 45.8 Å². The molecule has 0 bridgehead atoms. The number of carboxylic acids is 1. The van der Waals surface area contributed by atoms with Crippen LogP contribution in [0.2, 0.25) is 0 Å². The number of aliphatic carboxylic acids is 1. The second kappa shape index (κ2) is 6.01. The van der Waals surface area contributed by atoms with E-state index in [1.807, 2.05) is 5.01 Å². The Labute approximate surface area is 106 Å². The lowest BCUT2D eigenvalue weighted by Gasteiger charge is -2.34. The number of nitrogens with zero attached hydrogens (tertiary/aromatic N) is 2. The van der Waals surface area contributed by atoms with Gasteiger partial charge in [-0.15, -0.1) is 0 Å². The van der Waals surface area contributed by atoms with Gasteiger partial charge in [-0.3, -0.25) is 10.2 Å². The molecule has 2 saturated heterocycles. The number of carbonyl (C=O) groups excluding carboxylic acids is 1. The molecule has 0 aromatic heterocycles. The van der Waals surface area contributed by atoms with Crippen LogP contribution in [-0.2, 0) is 9.53 Å². The zero-order valence-corrected chi connectivity index (χ0v) is 10.3. The van der Waals surface area contributed by atoms with Gasteiger partial charge in [-0.1, -0.05) is 0 Å². The molecule has 2 fully saturated rings. The van der Waals surface area contributed by atoms with E-state index < -0.39 is 11.9 Å². The van der Waals surface area contributed by atoms with Crippen LogP contribution in [0.25, 0.3) is 0 Å². The van der Waals surface area contributed by atoms with Crippen molar-refractivity contribution >= 4 is 12.0 Å². The van der Waals surface area contributed by atoms with Gasteiger partial charge in [0.15, 0.2) is 0 Å². The molecule has 0 aliphatic carbocycles. The molecule has 0 saturated carbocycles. The topological polar surface area (TPSA) is 82.1 Å². The molecule has 0 aromatic carbocycles. The summed E-state index contributed by atoms with van der Waals surface area (Å²) in [6, 6.07) is -0.206. The van der Waals surface area contributed by atoms with Crippen molar-refractivity contribution in [2.45, 2.75) is 12.8 Å². The van der Waals surface area contributed by atoms with E-state index in [1.165, 1.54) is 0 Å². The lowest BCUT2D eigenvalue weighted by Crippen LogP contribution is -2.55. The predicted octanol–water partition coefficient (Wildman–Crippen LogP) is -0.260. The van der Waals surface area contributed by atoms with Gasteiger partial charge in [0.25, 0.3) is 0 Å². The van der Waals surface area contributed by atoms with E-state index in [4.69, 9.17) is 9.84 Å². The summed E-state index contributed by atoms with van der Waals surface area (Å²) in [5.41, 5.74) is 2.80. The monoisotopic (exact) mass is 257 g/mol. The van der Waals surface area contributed by atoms with Crippen molar-refractivity contribution in [3.63, 3.8) is 0 Å². The minimum absolute atomic E-state index is 0.206. The predicted molar refractivity (Wildman–Crippen MR) is 62.9 cm³/mol. The van der Waals surface area contributed by atoms with Crippen molar-refractivity contribution in [2.24, 2.45) is 5.92 Å². The fourth-order valence-corrected chi connectivity index (χ4v) is 2.24. The Kier molecular flexibility index (Phi) is 4.38. The van der Waals surface area contributed by atoms with Gasteiger partial charge in [0.1, 0.15) is 0 Å². The number of hydrogen-bond acceptors (Lipinski definition) is 4. The van der Waals surface area contributed by atoms with Gasteiger partial charge in [-0.05, 0) is 12.8 Å². The first-order valence-corrected chi connectivity index (χ1v) is 6.28. The number of hydrazine groups is 1. The lowest BCUT2D eigenvalue weighted by molar-refractivity contribution is -0.143. The third-order valence-electron chi connectivity index (χ3n) is 3.32. The van der Waals surface area contributed by atoms with Gasteiger partial charge in [0.2, 0.25) is 0 Å². The van der Waals surface area contributed by atoms with E-state index in [1.54, 1.807) is 4.90 Å². The number of carboxylic acid groups (broad SMARTS) is 1. The quantitative estimate of drug-likeness (QED) is 0.712. The highest BCUT2D eigenvalue weighted by atomic mass is 16.5. The van der Waals surface area contributed by atoms with E-state index in [0.717, 1.165) is 6.42 Å². The van der Waals surface area contributed by atoms with Crippen LogP contribution in [0.4, 0.5) is 4.79 Å². The minimum atomic E-state index is -0.820. The summed E-state index contributed by atoms with van der Waals surface area (Å²) in [5.74, 6) is -1.26. The molecule has 0 unspecified atom stereocenters. The number of hydrogen-bond donors (Lipinski definition) is 2. The first kappa shape index (κ1) is 13.1. The molecule has 1 atom stereocenters. The van der Waals surface area contributed by atoms with E-state index >= 15 is 0 Å². The van der Waals surface area contributed by atoms with Gasteiger partial charge < -0.3 is 14.7 Å². The molecular formula is C11H19N3O4. The van der Waals surface area contributed by atoms with E-state index in [9.17, 15) is 9.59 Å². The average Bonchev–Trinajstić information content (AvgIpc) is 2.40. The Morgan fingerprint density at radius 3 is 2.61 bits per heavy atom. The Morgan fingerprint density at radius 1 is 1.22 bits per heavy atom. The molecule has 0 radical (unpaired) electrons. The number of piperidine rings is 1. The number of ether oxygens (including phenoxy) is 1. The first-order valence-electron chi connectivity index (χ1n) is 6.28. The van der Waals surface area contributed by atoms with Gasteiger partial charge >= 0.3 is 12.0 Å². The van der Waals surface area contributed by atoms with Gasteiger partial charge in [-0.25, -0.2) is 9.80 Å². The number of urea groups is 1. The summed E-state index contributed by atoms with van der Waals surface area (Å²) in [7, 11) is 0. The second-order valence-electron chi connectivity index (χ2n) is 4.64. The number of morpholine rings is 1. The number of carbonyl (C=O) groups is 2. The molecule has 2 N–H and O–H groups in total. The van der Waals surface area contributed by atoms with Crippen LogP contribution in [0.3, 0.4) is 0 Å². The second-order valence-corrected chi connectivity index (χ2v) is 4.64. The van der Waals surface area contributed by atoms with Crippen molar-refractivity contribution in [3.05, 3.63) is 0 Å². The first-order chi connectivity index (χ1) is 8.66. The molecule has 2 heterocycles. The standard InChI is InChI=1S/C11H19N3O4/c15-10(16)9-2-1-3-13(8-9)11(17)12-14-4-6-18-7-5-14/h9H,1-8H2,(H,12,17)(H,15,16)/t9-/m0/s1. The van der Waals surface area contributed by atoms with Crippen LogP contribution in [0.15, 0.2) is 0 Å². The highest BCUT2D eigenvalue weighted by molar-refractivity contribution is 5.76. The summed E-state index contributed by atoms with van der Waals surface area (Å²) in [6.45, 7) is 3.48.